The molecule has 0 heterocycles. The SMILES string of the molecule is COC(=O)Cc1c(C=O)ccc(C)c1C. The van der Waals surface area contributed by atoms with Crippen molar-refractivity contribution in [2.75, 3.05) is 7.11 Å². The molecule has 80 valence electrons. The van der Waals surface area contributed by atoms with Crippen LogP contribution in [-0.4, -0.2) is 19.4 Å². The van der Waals surface area contributed by atoms with E-state index >= 15 is 0 Å². The van der Waals surface area contributed by atoms with Gasteiger partial charge in [-0.25, -0.2) is 0 Å². The highest BCUT2D eigenvalue weighted by molar-refractivity contribution is 5.82. The lowest BCUT2D eigenvalue weighted by Gasteiger charge is -2.10. The summed E-state index contributed by atoms with van der Waals surface area (Å²) in [4.78, 5) is 22.0. The molecular weight excluding hydrogens is 192 g/mol. The van der Waals surface area contributed by atoms with Crippen LogP contribution in [-0.2, 0) is 16.0 Å². The van der Waals surface area contributed by atoms with Crippen molar-refractivity contribution in [2.24, 2.45) is 0 Å². The van der Waals surface area contributed by atoms with E-state index in [-0.39, 0.29) is 12.4 Å². The minimum atomic E-state index is -0.327. The largest absolute Gasteiger partial charge is 0.469 e. The molecular formula is C12H14O3. The summed E-state index contributed by atoms with van der Waals surface area (Å²) in [5, 5.41) is 0. The molecule has 1 aromatic carbocycles. The van der Waals surface area contributed by atoms with Gasteiger partial charge in [0.1, 0.15) is 6.29 Å². The van der Waals surface area contributed by atoms with Gasteiger partial charge in [-0.05, 0) is 30.5 Å². The summed E-state index contributed by atoms with van der Waals surface area (Å²) in [6.45, 7) is 3.85. The van der Waals surface area contributed by atoms with Gasteiger partial charge in [-0.1, -0.05) is 12.1 Å². The van der Waals surface area contributed by atoms with E-state index in [1.54, 1.807) is 6.07 Å². The number of aryl methyl sites for hydroxylation is 1. The Hall–Kier alpha value is -1.64. The second-order valence-electron chi connectivity index (χ2n) is 3.45. The maximum absolute atomic E-state index is 11.2. The Morgan fingerprint density at radius 1 is 1.40 bits per heavy atom. The second kappa shape index (κ2) is 4.73. The molecule has 0 saturated heterocycles. The monoisotopic (exact) mass is 206 g/mol. The van der Waals surface area contributed by atoms with Gasteiger partial charge in [0.05, 0.1) is 13.5 Å². The van der Waals surface area contributed by atoms with Crippen molar-refractivity contribution in [2.45, 2.75) is 20.3 Å². The van der Waals surface area contributed by atoms with Gasteiger partial charge in [-0.3, -0.25) is 9.59 Å². The zero-order chi connectivity index (χ0) is 11.4. The van der Waals surface area contributed by atoms with Gasteiger partial charge in [-0.2, -0.15) is 0 Å². The third-order valence-electron chi connectivity index (χ3n) is 2.58. The molecule has 0 N–H and O–H groups in total. The van der Waals surface area contributed by atoms with Gasteiger partial charge >= 0.3 is 5.97 Å². The zero-order valence-electron chi connectivity index (χ0n) is 9.16. The zero-order valence-corrected chi connectivity index (χ0v) is 9.16. The number of ether oxygens (including phenoxy) is 1. The summed E-state index contributed by atoms with van der Waals surface area (Å²) in [6, 6.07) is 3.60. The van der Waals surface area contributed by atoms with Crippen LogP contribution in [0.4, 0.5) is 0 Å². The third-order valence-corrected chi connectivity index (χ3v) is 2.58. The molecule has 15 heavy (non-hydrogen) atoms. The van der Waals surface area contributed by atoms with Crippen molar-refractivity contribution < 1.29 is 14.3 Å². The van der Waals surface area contributed by atoms with E-state index < -0.39 is 0 Å². The van der Waals surface area contributed by atoms with E-state index in [0.717, 1.165) is 23.0 Å². The molecule has 0 aromatic heterocycles. The Morgan fingerprint density at radius 2 is 2.07 bits per heavy atom. The molecule has 0 bridgehead atoms. The molecule has 0 aliphatic rings. The van der Waals surface area contributed by atoms with E-state index in [1.807, 2.05) is 19.9 Å². The lowest BCUT2D eigenvalue weighted by Crippen LogP contribution is -2.09. The standard InChI is InChI=1S/C12H14O3/c1-8-4-5-10(7-13)11(9(8)2)6-12(14)15-3/h4-5,7H,6H2,1-3H3. The van der Waals surface area contributed by atoms with Crippen molar-refractivity contribution in [3.63, 3.8) is 0 Å². The molecule has 0 amide bonds. The summed E-state index contributed by atoms with van der Waals surface area (Å²) in [5.41, 5.74) is 3.37. The quantitative estimate of drug-likeness (QED) is 0.559. The molecule has 3 heteroatoms. The van der Waals surface area contributed by atoms with Gasteiger partial charge in [-0.15, -0.1) is 0 Å². The number of aldehydes is 1. The number of methoxy groups -OCH3 is 1. The first-order valence-electron chi connectivity index (χ1n) is 4.71. The average Bonchev–Trinajstić information content (AvgIpc) is 2.25. The highest BCUT2D eigenvalue weighted by Crippen LogP contribution is 2.17. The maximum atomic E-state index is 11.2. The normalized spacial score (nSPS) is 9.80. The number of carbonyl (C=O) groups excluding carboxylic acids is 2. The van der Waals surface area contributed by atoms with E-state index in [0.29, 0.717) is 5.56 Å². The molecule has 1 rings (SSSR count). The fourth-order valence-corrected chi connectivity index (χ4v) is 1.46. The van der Waals surface area contributed by atoms with E-state index in [2.05, 4.69) is 4.74 Å². The smallest absolute Gasteiger partial charge is 0.310 e. The summed E-state index contributed by atoms with van der Waals surface area (Å²) in [5.74, 6) is -0.327. The average molecular weight is 206 g/mol. The Kier molecular flexibility index (Phi) is 3.61. The molecule has 0 fully saturated rings. The van der Waals surface area contributed by atoms with Crippen LogP contribution in [0.5, 0.6) is 0 Å². The number of esters is 1. The summed E-state index contributed by atoms with van der Waals surface area (Å²) >= 11 is 0. The highest BCUT2D eigenvalue weighted by Gasteiger charge is 2.11. The molecule has 0 aliphatic heterocycles. The Labute approximate surface area is 89.1 Å². The van der Waals surface area contributed by atoms with Gasteiger partial charge < -0.3 is 4.74 Å². The molecule has 0 saturated carbocycles. The maximum Gasteiger partial charge on any atom is 0.310 e. The molecule has 0 radical (unpaired) electrons. The molecule has 0 unspecified atom stereocenters. The molecule has 3 nitrogen and oxygen atoms in total. The van der Waals surface area contributed by atoms with Crippen LogP contribution in [0.2, 0.25) is 0 Å². The molecule has 1 aromatic rings. The fraction of sp³-hybridized carbons (Fsp3) is 0.333. The first kappa shape index (κ1) is 11.4. The summed E-state index contributed by atoms with van der Waals surface area (Å²) in [6.07, 6.45) is 0.919. The topological polar surface area (TPSA) is 43.4 Å². The van der Waals surface area contributed by atoms with Crippen molar-refractivity contribution >= 4 is 12.3 Å². The van der Waals surface area contributed by atoms with Gasteiger partial charge in [0, 0.05) is 5.56 Å². The highest BCUT2D eigenvalue weighted by atomic mass is 16.5. The number of hydrogen-bond donors (Lipinski definition) is 0. The van der Waals surface area contributed by atoms with Gasteiger partial charge in [0.2, 0.25) is 0 Å². The predicted octanol–water partition coefficient (Wildman–Crippen LogP) is 1.83. The van der Waals surface area contributed by atoms with Crippen LogP contribution in [0.3, 0.4) is 0 Å². The van der Waals surface area contributed by atoms with Crippen molar-refractivity contribution in [1.82, 2.24) is 0 Å². The third kappa shape index (κ3) is 2.43. The number of carbonyl (C=O) groups is 2. The number of rotatable bonds is 3. The van der Waals surface area contributed by atoms with Crippen LogP contribution >= 0.6 is 0 Å². The minimum absolute atomic E-state index is 0.151. The Balaban J connectivity index is 3.17. The Morgan fingerprint density at radius 3 is 2.60 bits per heavy atom. The van der Waals surface area contributed by atoms with Crippen molar-refractivity contribution in [3.05, 3.63) is 34.4 Å². The van der Waals surface area contributed by atoms with E-state index in [1.165, 1.54) is 7.11 Å². The van der Waals surface area contributed by atoms with Crippen molar-refractivity contribution in [3.8, 4) is 0 Å². The minimum Gasteiger partial charge on any atom is -0.469 e. The number of hydrogen-bond acceptors (Lipinski definition) is 3. The van der Waals surface area contributed by atoms with Crippen LogP contribution in [0.15, 0.2) is 12.1 Å². The number of benzene rings is 1. The van der Waals surface area contributed by atoms with Gasteiger partial charge in [0.25, 0.3) is 0 Å². The van der Waals surface area contributed by atoms with Gasteiger partial charge in [0.15, 0.2) is 0 Å². The lowest BCUT2D eigenvalue weighted by molar-refractivity contribution is -0.139. The molecule has 0 spiro atoms. The summed E-state index contributed by atoms with van der Waals surface area (Å²) in [7, 11) is 1.34. The predicted molar refractivity (Wildman–Crippen MR) is 57.0 cm³/mol. The van der Waals surface area contributed by atoms with Crippen LogP contribution < -0.4 is 0 Å². The fourth-order valence-electron chi connectivity index (χ4n) is 1.46. The lowest BCUT2D eigenvalue weighted by atomic mass is 9.96. The summed E-state index contributed by atoms with van der Waals surface area (Å²) < 4.78 is 4.59. The van der Waals surface area contributed by atoms with Crippen molar-refractivity contribution in [1.29, 1.82) is 0 Å². The Bertz CT molecular complexity index is 394. The van der Waals surface area contributed by atoms with Crippen LogP contribution in [0.1, 0.15) is 27.0 Å². The second-order valence-corrected chi connectivity index (χ2v) is 3.45. The van der Waals surface area contributed by atoms with Crippen LogP contribution in [0, 0.1) is 13.8 Å². The van der Waals surface area contributed by atoms with E-state index in [9.17, 15) is 9.59 Å². The molecule has 0 aliphatic carbocycles. The first-order valence-corrected chi connectivity index (χ1v) is 4.71. The first-order chi connectivity index (χ1) is 7.10. The van der Waals surface area contributed by atoms with Crippen LogP contribution in [0.25, 0.3) is 0 Å². The molecule has 0 atom stereocenters. The van der Waals surface area contributed by atoms with E-state index in [4.69, 9.17) is 0 Å².